The first-order chi connectivity index (χ1) is 12.5. The molecule has 0 aromatic heterocycles. The van der Waals surface area contributed by atoms with Crippen molar-refractivity contribution in [2.24, 2.45) is 11.0 Å². The monoisotopic (exact) mass is 353 g/mol. The Balaban J connectivity index is 1.84. The lowest BCUT2D eigenvalue weighted by Crippen LogP contribution is -2.39. The van der Waals surface area contributed by atoms with Crippen LogP contribution in [0.1, 0.15) is 25.0 Å². The summed E-state index contributed by atoms with van der Waals surface area (Å²) >= 11 is 0. The lowest BCUT2D eigenvalue weighted by Gasteiger charge is -2.07. The molecule has 0 aliphatic rings. The molecule has 2 aromatic carbocycles. The molecule has 0 saturated heterocycles. The zero-order valence-corrected chi connectivity index (χ0v) is 14.9. The molecule has 2 amide bonds. The van der Waals surface area contributed by atoms with Crippen LogP contribution in [0, 0.1) is 5.92 Å². The van der Waals surface area contributed by atoms with Crippen molar-refractivity contribution in [3.63, 3.8) is 0 Å². The van der Waals surface area contributed by atoms with E-state index in [0.29, 0.717) is 18.9 Å². The van der Waals surface area contributed by atoms with E-state index < -0.39 is 11.8 Å². The fourth-order valence-corrected chi connectivity index (χ4v) is 2.02. The van der Waals surface area contributed by atoms with Crippen molar-refractivity contribution in [2.75, 3.05) is 6.54 Å². The van der Waals surface area contributed by atoms with Crippen LogP contribution in [-0.4, -0.2) is 24.6 Å². The van der Waals surface area contributed by atoms with Crippen LogP contribution in [-0.2, 0) is 16.2 Å². The predicted octanol–water partition coefficient (Wildman–Crippen LogP) is 2.49. The lowest BCUT2D eigenvalue weighted by atomic mass is 10.2. The fraction of sp³-hybridized carbons (Fsp3) is 0.250. The number of benzene rings is 2. The summed E-state index contributed by atoms with van der Waals surface area (Å²) in [5, 5.41) is 6.34. The van der Waals surface area contributed by atoms with Gasteiger partial charge in [-0.15, -0.1) is 0 Å². The molecule has 0 spiro atoms. The highest BCUT2D eigenvalue weighted by atomic mass is 16.5. The number of nitrogens with zero attached hydrogens (tertiary/aromatic N) is 1. The summed E-state index contributed by atoms with van der Waals surface area (Å²) in [7, 11) is 0. The summed E-state index contributed by atoms with van der Waals surface area (Å²) < 4.78 is 5.74. The van der Waals surface area contributed by atoms with E-state index >= 15 is 0 Å². The van der Waals surface area contributed by atoms with E-state index in [9.17, 15) is 9.59 Å². The molecule has 2 N–H and O–H groups in total. The Kier molecular flexibility index (Phi) is 7.36. The van der Waals surface area contributed by atoms with Gasteiger partial charge in [0.1, 0.15) is 12.4 Å². The van der Waals surface area contributed by atoms with Crippen molar-refractivity contribution in [1.82, 2.24) is 10.7 Å². The third kappa shape index (κ3) is 6.76. The smallest absolute Gasteiger partial charge is 0.329 e. The summed E-state index contributed by atoms with van der Waals surface area (Å²) in [4.78, 5) is 23.2. The summed E-state index contributed by atoms with van der Waals surface area (Å²) in [5.41, 5.74) is 4.03. The molecule has 0 atom stereocenters. The molecule has 0 aliphatic heterocycles. The van der Waals surface area contributed by atoms with Gasteiger partial charge in [0.05, 0.1) is 6.21 Å². The van der Waals surface area contributed by atoms with Gasteiger partial charge in [-0.05, 0) is 29.2 Å². The third-order valence-corrected chi connectivity index (χ3v) is 3.36. The minimum absolute atomic E-state index is 0.272. The first-order valence-electron chi connectivity index (χ1n) is 8.42. The van der Waals surface area contributed by atoms with Gasteiger partial charge in [0.25, 0.3) is 0 Å². The number of rotatable bonds is 7. The van der Waals surface area contributed by atoms with Gasteiger partial charge in [-0.3, -0.25) is 9.59 Å². The minimum Gasteiger partial charge on any atom is -0.489 e. The fourth-order valence-electron chi connectivity index (χ4n) is 2.02. The van der Waals surface area contributed by atoms with Crippen LogP contribution < -0.4 is 15.5 Å². The van der Waals surface area contributed by atoms with Crippen molar-refractivity contribution < 1.29 is 14.3 Å². The Morgan fingerprint density at radius 1 is 1.08 bits per heavy atom. The Labute approximate surface area is 153 Å². The third-order valence-electron chi connectivity index (χ3n) is 3.36. The van der Waals surface area contributed by atoms with Crippen LogP contribution in [0.15, 0.2) is 59.7 Å². The van der Waals surface area contributed by atoms with E-state index in [1.165, 1.54) is 6.21 Å². The average Bonchev–Trinajstić information content (AvgIpc) is 2.65. The van der Waals surface area contributed by atoms with Gasteiger partial charge in [-0.1, -0.05) is 56.3 Å². The van der Waals surface area contributed by atoms with Gasteiger partial charge in [0, 0.05) is 6.54 Å². The maximum atomic E-state index is 11.6. The van der Waals surface area contributed by atoms with E-state index in [1.54, 1.807) is 6.07 Å². The standard InChI is InChI=1S/C20H23N3O3/c1-15(2)12-21-19(24)20(25)23-22-13-17-9-6-10-18(11-17)26-14-16-7-4-3-5-8-16/h3-11,13,15H,12,14H2,1-2H3,(H,21,24)(H,23,25)/b22-13-. The highest BCUT2D eigenvalue weighted by Gasteiger charge is 2.12. The van der Waals surface area contributed by atoms with Crippen LogP contribution >= 0.6 is 0 Å². The number of nitrogens with one attached hydrogen (secondary N) is 2. The molecule has 0 fully saturated rings. The zero-order valence-electron chi connectivity index (χ0n) is 14.9. The predicted molar refractivity (Wildman–Crippen MR) is 101 cm³/mol. The number of carbonyl (C=O) groups is 2. The van der Waals surface area contributed by atoms with Gasteiger partial charge in [-0.2, -0.15) is 5.10 Å². The number of amides is 2. The van der Waals surface area contributed by atoms with Crippen molar-refractivity contribution in [3.8, 4) is 5.75 Å². The zero-order chi connectivity index (χ0) is 18.8. The number of carbonyl (C=O) groups excluding carboxylic acids is 2. The highest BCUT2D eigenvalue weighted by molar-refractivity contribution is 6.35. The quantitative estimate of drug-likeness (QED) is 0.456. The van der Waals surface area contributed by atoms with Gasteiger partial charge in [-0.25, -0.2) is 5.43 Å². The first-order valence-corrected chi connectivity index (χ1v) is 8.42. The Hall–Kier alpha value is -3.15. The van der Waals surface area contributed by atoms with Gasteiger partial charge >= 0.3 is 11.8 Å². The number of hydrazone groups is 1. The molecule has 0 unspecified atom stereocenters. The van der Waals surface area contributed by atoms with E-state index in [4.69, 9.17) is 4.74 Å². The van der Waals surface area contributed by atoms with Crippen LogP contribution in [0.3, 0.4) is 0 Å². The molecular weight excluding hydrogens is 330 g/mol. The van der Waals surface area contributed by atoms with Crippen LogP contribution in [0.25, 0.3) is 0 Å². The molecule has 2 aromatic rings. The normalized spacial score (nSPS) is 10.7. The number of ether oxygens (including phenoxy) is 1. The van der Waals surface area contributed by atoms with Gasteiger partial charge in [0.2, 0.25) is 0 Å². The molecule has 2 rings (SSSR count). The van der Waals surface area contributed by atoms with Crippen LogP contribution in [0.4, 0.5) is 0 Å². The van der Waals surface area contributed by atoms with E-state index in [1.807, 2.05) is 62.4 Å². The van der Waals surface area contributed by atoms with Crippen LogP contribution in [0.5, 0.6) is 5.75 Å². The Morgan fingerprint density at radius 2 is 1.85 bits per heavy atom. The van der Waals surface area contributed by atoms with E-state index in [2.05, 4.69) is 15.8 Å². The summed E-state index contributed by atoms with van der Waals surface area (Å²) in [5.74, 6) is -0.526. The Bertz CT molecular complexity index is 758. The molecular formula is C20H23N3O3. The molecule has 0 saturated carbocycles. The van der Waals surface area contributed by atoms with Crippen LogP contribution in [0.2, 0.25) is 0 Å². The lowest BCUT2D eigenvalue weighted by molar-refractivity contribution is -0.139. The molecule has 6 heteroatoms. The molecule has 0 radical (unpaired) electrons. The van der Waals surface area contributed by atoms with E-state index in [-0.39, 0.29) is 5.92 Å². The molecule has 6 nitrogen and oxygen atoms in total. The van der Waals surface area contributed by atoms with Crippen molar-refractivity contribution in [3.05, 3.63) is 65.7 Å². The second-order valence-electron chi connectivity index (χ2n) is 6.15. The summed E-state index contributed by atoms with van der Waals surface area (Å²) in [6.45, 7) is 4.80. The largest absolute Gasteiger partial charge is 0.489 e. The second-order valence-corrected chi connectivity index (χ2v) is 6.15. The summed E-state index contributed by atoms with van der Waals surface area (Å²) in [6, 6.07) is 17.2. The average molecular weight is 353 g/mol. The van der Waals surface area contributed by atoms with Crippen molar-refractivity contribution >= 4 is 18.0 Å². The molecule has 26 heavy (non-hydrogen) atoms. The van der Waals surface area contributed by atoms with Crippen molar-refractivity contribution in [1.29, 1.82) is 0 Å². The number of hydrogen-bond acceptors (Lipinski definition) is 4. The van der Waals surface area contributed by atoms with Gasteiger partial charge in [0.15, 0.2) is 0 Å². The number of hydrogen-bond donors (Lipinski definition) is 2. The first kappa shape index (κ1) is 19.2. The Morgan fingerprint density at radius 3 is 2.58 bits per heavy atom. The molecule has 136 valence electrons. The SMILES string of the molecule is CC(C)CNC(=O)C(=O)N/N=C\c1cccc(OCc2ccccc2)c1. The van der Waals surface area contributed by atoms with Crippen molar-refractivity contribution in [2.45, 2.75) is 20.5 Å². The molecule has 0 aliphatic carbocycles. The topological polar surface area (TPSA) is 79.8 Å². The highest BCUT2D eigenvalue weighted by Crippen LogP contribution is 2.14. The summed E-state index contributed by atoms with van der Waals surface area (Å²) in [6.07, 6.45) is 1.46. The maximum absolute atomic E-state index is 11.6. The molecule has 0 bridgehead atoms. The second kappa shape index (κ2) is 9.98. The maximum Gasteiger partial charge on any atom is 0.329 e. The molecule has 0 heterocycles. The van der Waals surface area contributed by atoms with E-state index in [0.717, 1.165) is 11.1 Å². The van der Waals surface area contributed by atoms with Gasteiger partial charge < -0.3 is 10.1 Å². The minimum atomic E-state index is -0.793.